The summed E-state index contributed by atoms with van der Waals surface area (Å²) in [7, 11) is 0. The minimum absolute atomic E-state index is 0.00798. The van der Waals surface area contributed by atoms with E-state index in [1.807, 2.05) is 29.2 Å². The lowest BCUT2D eigenvalue weighted by Gasteiger charge is -2.59. The quantitative estimate of drug-likeness (QED) is 0.717. The van der Waals surface area contributed by atoms with Crippen LogP contribution >= 0.6 is 15.9 Å². The van der Waals surface area contributed by atoms with Gasteiger partial charge in [-0.2, -0.15) is 0 Å². The van der Waals surface area contributed by atoms with Gasteiger partial charge in [0.15, 0.2) is 0 Å². The largest absolute Gasteiger partial charge is 0.378 e. The standard InChI is InChI=1S/C22H27BrN2O3/c23-22-12-15-8-16(13-22)11-21(10-15,14-22)20(27)24-18-3-1-2-17(9-18)19(26)25-4-6-28-7-5-25/h1-3,9,15-16H,4-8,10-14H2,(H,24,27). The Morgan fingerprint density at radius 3 is 2.50 bits per heavy atom. The number of amides is 2. The van der Waals surface area contributed by atoms with Gasteiger partial charge in [-0.3, -0.25) is 9.59 Å². The Labute approximate surface area is 174 Å². The van der Waals surface area contributed by atoms with Crippen LogP contribution in [0.25, 0.3) is 0 Å². The van der Waals surface area contributed by atoms with Gasteiger partial charge in [0.1, 0.15) is 0 Å². The predicted octanol–water partition coefficient (Wildman–Crippen LogP) is 3.83. The van der Waals surface area contributed by atoms with Crippen molar-refractivity contribution < 1.29 is 14.3 Å². The molecular formula is C22H27BrN2O3. The summed E-state index contributed by atoms with van der Waals surface area (Å²) in [6.45, 7) is 2.41. The molecule has 2 unspecified atom stereocenters. The van der Waals surface area contributed by atoms with Crippen molar-refractivity contribution in [1.82, 2.24) is 4.90 Å². The van der Waals surface area contributed by atoms with Crippen molar-refractivity contribution in [3.05, 3.63) is 29.8 Å². The molecule has 6 rings (SSSR count). The Morgan fingerprint density at radius 2 is 1.82 bits per heavy atom. The van der Waals surface area contributed by atoms with Crippen molar-refractivity contribution in [2.45, 2.75) is 42.8 Å². The molecule has 1 saturated heterocycles. The Balaban J connectivity index is 1.32. The number of nitrogens with one attached hydrogen (secondary N) is 1. The number of benzene rings is 1. The Morgan fingerprint density at radius 1 is 1.11 bits per heavy atom. The Kier molecular flexibility index (Phi) is 4.55. The number of nitrogens with zero attached hydrogens (tertiary/aromatic N) is 1. The maximum Gasteiger partial charge on any atom is 0.254 e. The topological polar surface area (TPSA) is 58.6 Å². The summed E-state index contributed by atoms with van der Waals surface area (Å²) in [5.41, 5.74) is 1.10. The third-order valence-electron chi connectivity index (χ3n) is 7.14. The van der Waals surface area contributed by atoms with Gasteiger partial charge in [-0.25, -0.2) is 0 Å². The van der Waals surface area contributed by atoms with Gasteiger partial charge < -0.3 is 15.0 Å². The second-order valence-electron chi connectivity index (χ2n) is 9.33. The van der Waals surface area contributed by atoms with E-state index in [-0.39, 0.29) is 21.6 Å². The molecule has 5 aliphatic rings. The molecule has 4 saturated carbocycles. The number of hydrogen-bond donors (Lipinski definition) is 1. The van der Waals surface area contributed by atoms with Crippen molar-refractivity contribution in [1.29, 1.82) is 0 Å². The van der Waals surface area contributed by atoms with E-state index in [2.05, 4.69) is 21.2 Å². The van der Waals surface area contributed by atoms with Crippen molar-refractivity contribution in [2.75, 3.05) is 31.6 Å². The molecule has 0 radical (unpaired) electrons. The summed E-state index contributed by atoms with van der Waals surface area (Å²) in [4.78, 5) is 27.9. The van der Waals surface area contributed by atoms with Gasteiger partial charge in [-0.15, -0.1) is 0 Å². The van der Waals surface area contributed by atoms with Crippen LogP contribution in [0.4, 0.5) is 5.69 Å². The number of carbonyl (C=O) groups is 2. The number of morpholine rings is 1. The molecule has 1 heterocycles. The first-order valence-electron chi connectivity index (χ1n) is 10.4. The lowest BCUT2D eigenvalue weighted by Crippen LogP contribution is -2.57. The molecule has 2 atom stereocenters. The van der Waals surface area contributed by atoms with Crippen LogP contribution in [-0.4, -0.2) is 47.3 Å². The number of halogens is 1. The Bertz CT molecular complexity index is 791. The molecule has 5 fully saturated rings. The van der Waals surface area contributed by atoms with Crippen LogP contribution in [-0.2, 0) is 9.53 Å². The third-order valence-corrected chi connectivity index (χ3v) is 8.06. The highest BCUT2D eigenvalue weighted by atomic mass is 79.9. The van der Waals surface area contributed by atoms with Crippen LogP contribution < -0.4 is 5.32 Å². The monoisotopic (exact) mass is 446 g/mol. The lowest BCUT2D eigenvalue weighted by molar-refractivity contribution is -0.138. The molecule has 28 heavy (non-hydrogen) atoms. The van der Waals surface area contributed by atoms with Crippen LogP contribution in [0.3, 0.4) is 0 Å². The van der Waals surface area contributed by atoms with Gasteiger partial charge >= 0.3 is 0 Å². The van der Waals surface area contributed by atoms with Crippen LogP contribution in [0.5, 0.6) is 0 Å². The van der Waals surface area contributed by atoms with Crippen molar-refractivity contribution in [3.63, 3.8) is 0 Å². The van der Waals surface area contributed by atoms with Crippen LogP contribution in [0.2, 0.25) is 0 Å². The number of hydrogen-bond acceptors (Lipinski definition) is 3. The van der Waals surface area contributed by atoms with Gasteiger partial charge in [-0.1, -0.05) is 22.0 Å². The average Bonchev–Trinajstić information content (AvgIpc) is 2.66. The summed E-state index contributed by atoms with van der Waals surface area (Å²) >= 11 is 3.98. The molecule has 1 aromatic rings. The fourth-order valence-corrected chi connectivity index (χ4v) is 7.81. The van der Waals surface area contributed by atoms with Crippen molar-refractivity contribution in [3.8, 4) is 0 Å². The summed E-state index contributed by atoms with van der Waals surface area (Å²) in [5.74, 6) is 1.48. The maximum atomic E-state index is 13.3. The Hall–Kier alpha value is -1.40. The fraction of sp³-hybridized carbons (Fsp3) is 0.636. The molecular weight excluding hydrogens is 420 g/mol. The maximum absolute atomic E-state index is 13.3. The predicted molar refractivity (Wildman–Crippen MR) is 111 cm³/mol. The van der Waals surface area contributed by atoms with E-state index >= 15 is 0 Å². The first-order valence-corrected chi connectivity index (χ1v) is 11.2. The first-order chi connectivity index (χ1) is 13.4. The number of ether oxygens (including phenoxy) is 1. The molecule has 4 bridgehead atoms. The van der Waals surface area contributed by atoms with Gasteiger partial charge in [0, 0.05) is 28.7 Å². The molecule has 0 spiro atoms. The average molecular weight is 447 g/mol. The first kappa shape index (κ1) is 18.6. The van der Waals surface area contributed by atoms with Crippen molar-refractivity contribution in [2.24, 2.45) is 17.3 Å². The zero-order valence-corrected chi connectivity index (χ0v) is 17.7. The van der Waals surface area contributed by atoms with Gasteiger partial charge in [0.25, 0.3) is 5.91 Å². The van der Waals surface area contributed by atoms with Gasteiger partial charge in [0.05, 0.1) is 18.6 Å². The van der Waals surface area contributed by atoms with Crippen molar-refractivity contribution >= 4 is 33.4 Å². The summed E-state index contributed by atoms with van der Waals surface area (Å²) in [6.07, 6.45) is 6.66. The van der Waals surface area contributed by atoms with Crippen LogP contribution in [0.1, 0.15) is 48.9 Å². The van der Waals surface area contributed by atoms with Crippen LogP contribution in [0, 0.1) is 17.3 Å². The second kappa shape index (κ2) is 6.84. The SMILES string of the molecule is O=C(c1cccc(NC(=O)C23CC4CC(CC(Br)(C4)C2)C3)c1)N1CCOCC1. The zero-order chi connectivity index (χ0) is 19.4. The number of alkyl halides is 1. The number of carbonyl (C=O) groups excluding carboxylic acids is 2. The normalized spacial score (nSPS) is 36.4. The minimum atomic E-state index is -0.252. The number of rotatable bonds is 3. The summed E-state index contributed by atoms with van der Waals surface area (Å²) in [6, 6.07) is 7.39. The molecule has 0 aromatic heterocycles. The zero-order valence-electron chi connectivity index (χ0n) is 16.1. The minimum Gasteiger partial charge on any atom is -0.378 e. The molecule has 6 heteroatoms. The van der Waals surface area contributed by atoms with Crippen LogP contribution in [0.15, 0.2) is 24.3 Å². The summed E-state index contributed by atoms with van der Waals surface area (Å²) < 4.78 is 5.49. The van der Waals surface area contributed by atoms with Gasteiger partial charge in [-0.05, 0) is 68.6 Å². The highest BCUT2D eigenvalue weighted by Crippen LogP contribution is 2.64. The second-order valence-corrected chi connectivity index (χ2v) is 11.0. The van der Waals surface area contributed by atoms with E-state index in [4.69, 9.17) is 4.74 Å². The van der Waals surface area contributed by atoms with E-state index in [1.54, 1.807) is 0 Å². The fourth-order valence-electron chi connectivity index (χ4n) is 6.36. The molecule has 1 aliphatic heterocycles. The van der Waals surface area contributed by atoms with E-state index < -0.39 is 0 Å². The molecule has 5 nitrogen and oxygen atoms in total. The smallest absolute Gasteiger partial charge is 0.254 e. The highest BCUT2D eigenvalue weighted by molar-refractivity contribution is 9.10. The van der Waals surface area contributed by atoms with E-state index in [0.29, 0.717) is 43.7 Å². The van der Waals surface area contributed by atoms with Gasteiger partial charge in [0.2, 0.25) is 5.91 Å². The molecule has 2 amide bonds. The third kappa shape index (κ3) is 3.28. The lowest BCUT2D eigenvalue weighted by atomic mass is 9.49. The van der Waals surface area contributed by atoms with E-state index in [0.717, 1.165) is 24.9 Å². The molecule has 4 aliphatic carbocycles. The summed E-state index contributed by atoms with van der Waals surface area (Å²) in [5, 5.41) is 3.16. The molecule has 150 valence electrons. The highest BCUT2D eigenvalue weighted by Gasteiger charge is 2.59. The molecule has 1 N–H and O–H groups in total. The number of anilines is 1. The van der Waals surface area contributed by atoms with E-state index in [9.17, 15) is 9.59 Å². The van der Waals surface area contributed by atoms with E-state index in [1.165, 1.54) is 19.3 Å². The molecule has 1 aromatic carbocycles.